The molecule has 2 amide bonds. The Kier molecular flexibility index (Phi) is 12.2. The van der Waals surface area contributed by atoms with E-state index in [0.717, 1.165) is 41.4 Å². The van der Waals surface area contributed by atoms with Gasteiger partial charge in [-0.3, -0.25) is 9.59 Å². The Morgan fingerprint density at radius 3 is 2.33 bits per heavy atom. The van der Waals surface area contributed by atoms with Crippen molar-refractivity contribution in [3.8, 4) is 0 Å². The number of hydrogen-bond acceptors (Lipinski definition) is 7. The topological polar surface area (TPSA) is 104 Å². The second-order valence-corrected chi connectivity index (χ2v) is 13.4. The van der Waals surface area contributed by atoms with Gasteiger partial charge in [-0.15, -0.1) is 11.8 Å². The summed E-state index contributed by atoms with van der Waals surface area (Å²) in [7, 11) is -3.70. The predicted molar refractivity (Wildman–Crippen MR) is 160 cm³/mol. The van der Waals surface area contributed by atoms with Gasteiger partial charge in [0.2, 0.25) is 5.91 Å². The highest BCUT2D eigenvalue weighted by Crippen LogP contribution is 2.32. The van der Waals surface area contributed by atoms with Crippen LogP contribution in [-0.4, -0.2) is 86.6 Å². The van der Waals surface area contributed by atoms with E-state index < -0.39 is 58.4 Å². The summed E-state index contributed by atoms with van der Waals surface area (Å²) in [4.78, 5) is 41.8. The minimum absolute atomic E-state index is 0.135. The maximum absolute atomic E-state index is 13.4. The summed E-state index contributed by atoms with van der Waals surface area (Å²) < 4.78 is 66.4. The van der Waals surface area contributed by atoms with Gasteiger partial charge in [0.1, 0.15) is 12.8 Å². The first-order valence-electron chi connectivity index (χ1n) is 14.1. The lowest BCUT2D eigenvalue weighted by molar-refractivity contribution is -0.137. The number of thioether (sulfide) groups is 1. The zero-order chi connectivity index (χ0) is 31.8. The molecular weight excluding hydrogens is 603 g/mol. The molecule has 1 aliphatic rings. The first-order valence-corrected chi connectivity index (χ1v) is 17.0. The SMILES string of the molecule is CCN(CC)[C@H]1CC[C@H](NC(=O)CN(CC=O)C(=O)c2cccc(C(F)(F)F)c2)[C@@H](CS(=O)(=O)c2ccc(SC)cc2)C1. The van der Waals surface area contributed by atoms with E-state index in [1.807, 2.05) is 20.1 Å². The summed E-state index contributed by atoms with van der Waals surface area (Å²) in [5, 5.41) is 2.87. The molecule has 1 N–H and O–H groups in total. The van der Waals surface area contributed by atoms with E-state index in [9.17, 15) is 36.0 Å². The number of halogens is 3. The predicted octanol–water partition coefficient (Wildman–Crippen LogP) is 4.54. The largest absolute Gasteiger partial charge is 0.416 e. The second kappa shape index (κ2) is 15.2. The standard InChI is InChI=1S/C30H38F3N3O5S2/c1-4-35(5-2)24-9-14-27(22(18-24)20-43(40,41)26-12-10-25(42-3)11-13-26)34-28(38)19-36(15-16-37)29(39)21-7-6-8-23(17-21)30(31,32)33/h6-8,10-13,16-17,22,24,27H,4-5,9,14-15,18-20H2,1-3H3,(H,34,38)/t22-,24+,27+/m1/s1. The van der Waals surface area contributed by atoms with Crippen molar-refractivity contribution in [2.45, 2.75) is 61.2 Å². The zero-order valence-electron chi connectivity index (χ0n) is 24.5. The molecule has 1 aliphatic carbocycles. The van der Waals surface area contributed by atoms with Crippen molar-refractivity contribution in [1.29, 1.82) is 0 Å². The fourth-order valence-electron chi connectivity index (χ4n) is 5.59. The second-order valence-electron chi connectivity index (χ2n) is 10.5. The van der Waals surface area contributed by atoms with Gasteiger partial charge in [-0.05, 0) is 87.0 Å². The number of nitrogens with one attached hydrogen (secondary N) is 1. The Hall–Kier alpha value is -2.90. The van der Waals surface area contributed by atoms with Crippen LogP contribution in [-0.2, 0) is 25.6 Å². The smallest absolute Gasteiger partial charge is 0.352 e. The fourth-order valence-corrected chi connectivity index (χ4v) is 7.68. The number of carbonyl (C=O) groups is 3. The van der Waals surface area contributed by atoms with E-state index in [1.165, 1.54) is 17.8 Å². The van der Waals surface area contributed by atoms with Crippen molar-refractivity contribution in [3.63, 3.8) is 0 Å². The Labute approximate surface area is 255 Å². The number of hydrogen-bond donors (Lipinski definition) is 1. The summed E-state index contributed by atoms with van der Waals surface area (Å²) in [5.74, 6) is -2.13. The lowest BCUT2D eigenvalue weighted by Crippen LogP contribution is -2.52. The van der Waals surface area contributed by atoms with E-state index in [2.05, 4.69) is 10.2 Å². The molecule has 0 aromatic heterocycles. The highest BCUT2D eigenvalue weighted by Gasteiger charge is 2.37. The summed E-state index contributed by atoms with van der Waals surface area (Å²) in [6, 6.07) is 10.1. The van der Waals surface area contributed by atoms with Crippen molar-refractivity contribution in [2.75, 3.05) is 38.2 Å². The molecule has 0 saturated heterocycles. The van der Waals surface area contributed by atoms with Crippen LogP contribution in [0.25, 0.3) is 0 Å². The average Bonchev–Trinajstić information content (AvgIpc) is 2.98. The van der Waals surface area contributed by atoms with Crippen molar-refractivity contribution in [3.05, 3.63) is 59.7 Å². The fraction of sp³-hybridized carbons (Fsp3) is 0.500. The van der Waals surface area contributed by atoms with Crippen LogP contribution in [0.3, 0.4) is 0 Å². The Balaban J connectivity index is 1.79. The third-order valence-corrected chi connectivity index (χ3v) is 10.4. The number of sulfone groups is 1. The number of amides is 2. The van der Waals surface area contributed by atoms with E-state index in [-0.39, 0.29) is 22.3 Å². The van der Waals surface area contributed by atoms with Crippen molar-refractivity contribution in [2.24, 2.45) is 5.92 Å². The monoisotopic (exact) mass is 641 g/mol. The molecule has 236 valence electrons. The number of alkyl halides is 3. The molecule has 0 aliphatic heterocycles. The van der Waals surface area contributed by atoms with Crippen LogP contribution < -0.4 is 5.32 Å². The van der Waals surface area contributed by atoms with Crippen LogP contribution >= 0.6 is 11.8 Å². The van der Waals surface area contributed by atoms with Crippen molar-refractivity contribution in [1.82, 2.24) is 15.1 Å². The number of aldehydes is 1. The van der Waals surface area contributed by atoms with Crippen LogP contribution in [0, 0.1) is 5.92 Å². The van der Waals surface area contributed by atoms with Gasteiger partial charge in [-0.1, -0.05) is 19.9 Å². The van der Waals surface area contributed by atoms with Crippen LogP contribution in [0.2, 0.25) is 0 Å². The average molecular weight is 642 g/mol. The molecule has 0 unspecified atom stereocenters. The minimum Gasteiger partial charge on any atom is -0.352 e. The molecule has 2 aromatic carbocycles. The molecule has 0 heterocycles. The molecular formula is C30H38F3N3O5S2. The van der Waals surface area contributed by atoms with Gasteiger partial charge in [0, 0.05) is 22.5 Å². The van der Waals surface area contributed by atoms with E-state index in [4.69, 9.17) is 0 Å². The molecule has 0 radical (unpaired) electrons. The van der Waals surface area contributed by atoms with Gasteiger partial charge in [0.15, 0.2) is 9.84 Å². The molecule has 2 aromatic rings. The summed E-state index contributed by atoms with van der Waals surface area (Å²) in [6.45, 7) is 4.61. The molecule has 1 fully saturated rings. The molecule has 0 spiro atoms. The third kappa shape index (κ3) is 9.29. The minimum atomic E-state index is -4.67. The number of carbonyl (C=O) groups excluding carboxylic acids is 3. The van der Waals surface area contributed by atoms with Gasteiger partial charge in [0.25, 0.3) is 5.91 Å². The summed E-state index contributed by atoms with van der Waals surface area (Å²) in [5.41, 5.74) is -1.33. The molecule has 1 saturated carbocycles. The van der Waals surface area contributed by atoms with E-state index in [0.29, 0.717) is 25.2 Å². The molecule has 13 heteroatoms. The lowest BCUT2D eigenvalue weighted by Gasteiger charge is -2.41. The highest BCUT2D eigenvalue weighted by molar-refractivity contribution is 7.98. The normalized spacial score (nSPS) is 19.2. The van der Waals surface area contributed by atoms with Crippen LogP contribution in [0.4, 0.5) is 13.2 Å². The van der Waals surface area contributed by atoms with Crippen molar-refractivity contribution >= 4 is 39.7 Å². The van der Waals surface area contributed by atoms with Crippen LogP contribution in [0.5, 0.6) is 0 Å². The van der Waals surface area contributed by atoms with Gasteiger partial charge < -0.3 is 19.9 Å². The zero-order valence-corrected chi connectivity index (χ0v) is 26.1. The Bertz CT molecular complexity index is 1370. The van der Waals surface area contributed by atoms with Gasteiger partial charge in [-0.2, -0.15) is 13.2 Å². The van der Waals surface area contributed by atoms with Crippen LogP contribution in [0.1, 0.15) is 49.0 Å². The van der Waals surface area contributed by atoms with Crippen molar-refractivity contribution < 1.29 is 36.0 Å². The number of benzene rings is 2. The maximum Gasteiger partial charge on any atom is 0.416 e. The first-order chi connectivity index (χ1) is 20.3. The molecule has 0 bridgehead atoms. The molecule has 3 rings (SSSR count). The van der Waals surface area contributed by atoms with E-state index >= 15 is 0 Å². The van der Waals surface area contributed by atoms with E-state index in [1.54, 1.807) is 24.3 Å². The third-order valence-electron chi connectivity index (χ3n) is 7.84. The van der Waals surface area contributed by atoms with Crippen LogP contribution in [0.15, 0.2) is 58.3 Å². The Morgan fingerprint density at radius 2 is 1.74 bits per heavy atom. The molecule has 8 nitrogen and oxygen atoms in total. The summed E-state index contributed by atoms with van der Waals surface area (Å²) >= 11 is 1.50. The number of rotatable bonds is 13. The lowest BCUT2D eigenvalue weighted by atomic mass is 9.81. The molecule has 43 heavy (non-hydrogen) atoms. The van der Waals surface area contributed by atoms with Gasteiger partial charge in [-0.25, -0.2) is 8.42 Å². The van der Waals surface area contributed by atoms with Gasteiger partial charge in [0.05, 0.1) is 22.8 Å². The summed E-state index contributed by atoms with van der Waals surface area (Å²) in [6.07, 6.45) is -0.600. The first kappa shape index (κ1) is 34.6. The Morgan fingerprint density at radius 1 is 1.07 bits per heavy atom. The quantitative estimate of drug-likeness (QED) is 0.253. The number of nitrogens with zero attached hydrogens (tertiary/aromatic N) is 2. The van der Waals surface area contributed by atoms with Gasteiger partial charge >= 0.3 is 6.18 Å². The maximum atomic E-state index is 13.4. The highest BCUT2D eigenvalue weighted by atomic mass is 32.2. The molecule has 3 atom stereocenters.